The van der Waals surface area contributed by atoms with Gasteiger partial charge in [0, 0.05) is 10.6 Å². The molecule has 2 nitrogen and oxygen atoms in total. The molecule has 0 saturated carbocycles. The number of phenols is 1. The number of hydrogen-bond acceptors (Lipinski definition) is 3. The lowest BCUT2D eigenvalue weighted by atomic mass is 10.2. The SMILES string of the molecule is Nc1cc(CSc2ccccc2)ccc1O. The van der Waals surface area contributed by atoms with Gasteiger partial charge in [0.2, 0.25) is 0 Å². The highest BCUT2D eigenvalue weighted by molar-refractivity contribution is 7.98. The van der Waals surface area contributed by atoms with E-state index in [1.165, 1.54) is 4.90 Å². The second-order valence-corrected chi connectivity index (χ2v) is 4.54. The monoisotopic (exact) mass is 231 g/mol. The van der Waals surface area contributed by atoms with E-state index in [4.69, 9.17) is 5.73 Å². The predicted molar refractivity (Wildman–Crippen MR) is 68.5 cm³/mol. The van der Waals surface area contributed by atoms with E-state index in [1.54, 1.807) is 17.8 Å². The van der Waals surface area contributed by atoms with Crippen LogP contribution in [-0.4, -0.2) is 5.11 Å². The molecular formula is C13H13NOS. The van der Waals surface area contributed by atoms with Gasteiger partial charge in [-0.25, -0.2) is 0 Å². The van der Waals surface area contributed by atoms with Crippen molar-refractivity contribution in [2.75, 3.05) is 5.73 Å². The number of rotatable bonds is 3. The molecule has 0 amide bonds. The molecule has 0 aliphatic rings. The third-order valence-corrected chi connectivity index (χ3v) is 3.32. The quantitative estimate of drug-likeness (QED) is 0.484. The van der Waals surface area contributed by atoms with Gasteiger partial charge in [-0.05, 0) is 29.8 Å². The zero-order valence-electron chi connectivity index (χ0n) is 8.76. The summed E-state index contributed by atoms with van der Waals surface area (Å²) in [4.78, 5) is 1.23. The number of nitrogens with two attached hydrogens (primary N) is 1. The Bertz CT molecular complexity index is 471. The molecule has 0 heterocycles. The lowest BCUT2D eigenvalue weighted by Crippen LogP contribution is -1.88. The minimum absolute atomic E-state index is 0.147. The molecule has 0 aromatic heterocycles. The number of phenolic OH excluding ortho intramolecular Hbond substituents is 1. The minimum Gasteiger partial charge on any atom is -0.506 e. The third kappa shape index (κ3) is 2.70. The fourth-order valence-electron chi connectivity index (χ4n) is 1.38. The number of nitrogen functional groups attached to an aromatic ring is 1. The molecular weight excluding hydrogens is 218 g/mol. The number of benzene rings is 2. The second-order valence-electron chi connectivity index (χ2n) is 3.49. The van der Waals surface area contributed by atoms with Crippen molar-refractivity contribution in [3.8, 4) is 5.75 Å². The van der Waals surface area contributed by atoms with Gasteiger partial charge in [0.25, 0.3) is 0 Å². The minimum atomic E-state index is 0.147. The summed E-state index contributed by atoms with van der Waals surface area (Å²) in [7, 11) is 0. The topological polar surface area (TPSA) is 46.2 Å². The van der Waals surface area contributed by atoms with Crippen molar-refractivity contribution in [3.05, 3.63) is 54.1 Å². The first-order valence-corrected chi connectivity index (χ1v) is 5.99. The van der Waals surface area contributed by atoms with Gasteiger partial charge in [0.1, 0.15) is 5.75 Å². The van der Waals surface area contributed by atoms with Crippen LogP contribution >= 0.6 is 11.8 Å². The molecule has 0 aliphatic heterocycles. The third-order valence-electron chi connectivity index (χ3n) is 2.24. The summed E-state index contributed by atoms with van der Waals surface area (Å²) in [5.74, 6) is 1.00. The summed E-state index contributed by atoms with van der Waals surface area (Å²) in [6, 6.07) is 15.5. The second kappa shape index (κ2) is 4.94. The van der Waals surface area contributed by atoms with Crippen molar-refractivity contribution >= 4 is 17.4 Å². The van der Waals surface area contributed by atoms with E-state index in [0.717, 1.165) is 11.3 Å². The van der Waals surface area contributed by atoms with Gasteiger partial charge in [0.15, 0.2) is 0 Å². The van der Waals surface area contributed by atoms with E-state index in [1.807, 2.05) is 30.3 Å². The summed E-state index contributed by atoms with van der Waals surface area (Å²) in [5, 5.41) is 9.30. The fraction of sp³-hybridized carbons (Fsp3) is 0.0769. The highest BCUT2D eigenvalue weighted by Crippen LogP contribution is 2.26. The molecule has 16 heavy (non-hydrogen) atoms. The van der Waals surface area contributed by atoms with Crippen LogP contribution in [0.4, 0.5) is 5.69 Å². The molecule has 0 aliphatic carbocycles. The number of anilines is 1. The molecule has 0 spiro atoms. The van der Waals surface area contributed by atoms with Gasteiger partial charge >= 0.3 is 0 Å². The smallest absolute Gasteiger partial charge is 0.138 e. The Labute approximate surface area is 99.1 Å². The maximum Gasteiger partial charge on any atom is 0.138 e. The van der Waals surface area contributed by atoms with E-state index < -0.39 is 0 Å². The molecule has 0 radical (unpaired) electrons. The Balaban J connectivity index is 2.03. The molecule has 0 saturated heterocycles. The standard InChI is InChI=1S/C13H13NOS/c14-12-8-10(6-7-13(12)15)9-16-11-4-2-1-3-5-11/h1-8,15H,9,14H2. The van der Waals surface area contributed by atoms with Crippen LogP contribution in [0.2, 0.25) is 0 Å². The van der Waals surface area contributed by atoms with Gasteiger partial charge in [0.05, 0.1) is 5.69 Å². The Hall–Kier alpha value is -1.61. The van der Waals surface area contributed by atoms with E-state index in [-0.39, 0.29) is 5.75 Å². The lowest BCUT2D eigenvalue weighted by Gasteiger charge is -2.04. The lowest BCUT2D eigenvalue weighted by molar-refractivity contribution is 0.478. The molecule has 82 valence electrons. The van der Waals surface area contributed by atoms with Crippen LogP contribution in [-0.2, 0) is 5.75 Å². The first-order valence-electron chi connectivity index (χ1n) is 5.01. The molecule has 2 rings (SSSR count). The molecule has 2 aromatic rings. The maximum atomic E-state index is 9.30. The Morgan fingerprint density at radius 3 is 2.50 bits per heavy atom. The van der Waals surface area contributed by atoms with E-state index in [9.17, 15) is 5.11 Å². The van der Waals surface area contributed by atoms with E-state index >= 15 is 0 Å². The Morgan fingerprint density at radius 2 is 1.81 bits per heavy atom. The van der Waals surface area contributed by atoms with Crippen molar-refractivity contribution in [3.63, 3.8) is 0 Å². The average Bonchev–Trinajstić information content (AvgIpc) is 2.32. The van der Waals surface area contributed by atoms with E-state index in [2.05, 4.69) is 12.1 Å². The summed E-state index contributed by atoms with van der Waals surface area (Å²) in [5.41, 5.74) is 7.18. The fourth-order valence-corrected chi connectivity index (χ4v) is 2.24. The van der Waals surface area contributed by atoms with E-state index in [0.29, 0.717) is 5.69 Å². The van der Waals surface area contributed by atoms with Crippen LogP contribution in [0, 0.1) is 0 Å². The summed E-state index contributed by atoms with van der Waals surface area (Å²) in [6.45, 7) is 0. The van der Waals surface area contributed by atoms with Gasteiger partial charge in [-0.2, -0.15) is 0 Å². The normalized spacial score (nSPS) is 10.2. The highest BCUT2D eigenvalue weighted by atomic mass is 32.2. The van der Waals surface area contributed by atoms with Crippen molar-refractivity contribution in [1.29, 1.82) is 0 Å². The van der Waals surface area contributed by atoms with Gasteiger partial charge in [-0.1, -0.05) is 24.3 Å². The van der Waals surface area contributed by atoms with Crippen LogP contribution in [0.1, 0.15) is 5.56 Å². The molecule has 2 aromatic carbocycles. The predicted octanol–water partition coefficient (Wildman–Crippen LogP) is 3.27. The summed E-state index contributed by atoms with van der Waals surface area (Å²) >= 11 is 1.75. The summed E-state index contributed by atoms with van der Waals surface area (Å²) < 4.78 is 0. The van der Waals surface area contributed by atoms with Crippen molar-refractivity contribution in [2.24, 2.45) is 0 Å². The Morgan fingerprint density at radius 1 is 1.06 bits per heavy atom. The van der Waals surface area contributed by atoms with Crippen LogP contribution in [0.25, 0.3) is 0 Å². The van der Waals surface area contributed by atoms with Crippen molar-refractivity contribution in [2.45, 2.75) is 10.6 Å². The molecule has 3 N–H and O–H groups in total. The molecule has 0 atom stereocenters. The zero-order chi connectivity index (χ0) is 11.4. The Kier molecular flexibility index (Phi) is 3.37. The zero-order valence-corrected chi connectivity index (χ0v) is 9.58. The molecule has 3 heteroatoms. The van der Waals surface area contributed by atoms with Crippen molar-refractivity contribution in [1.82, 2.24) is 0 Å². The first-order chi connectivity index (χ1) is 7.75. The van der Waals surface area contributed by atoms with Crippen LogP contribution < -0.4 is 5.73 Å². The van der Waals surface area contributed by atoms with Gasteiger partial charge in [-0.3, -0.25) is 0 Å². The number of thioether (sulfide) groups is 1. The van der Waals surface area contributed by atoms with Gasteiger partial charge < -0.3 is 10.8 Å². The highest BCUT2D eigenvalue weighted by Gasteiger charge is 1.99. The van der Waals surface area contributed by atoms with Crippen molar-refractivity contribution < 1.29 is 5.11 Å². The molecule has 0 fully saturated rings. The van der Waals surface area contributed by atoms with Gasteiger partial charge in [-0.15, -0.1) is 11.8 Å². The number of hydrogen-bond donors (Lipinski definition) is 2. The van der Waals surface area contributed by atoms with Crippen LogP contribution in [0.15, 0.2) is 53.4 Å². The largest absolute Gasteiger partial charge is 0.506 e. The number of aromatic hydroxyl groups is 1. The molecule has 0 unspecified atom stereocenters. The maximum absolute atomic E-state index is 9.30. The first kappa shape index (κ1) is 10.9. The summed E-state index contributed by atoms with van der Waals surface area (Å²) in [6.07, 6.45) is 0. The van der Waals surface area contributed by atoms with Crippen LogP contribution in [0.3, 0.4) is 0 Å². The average molecular weight is 231 g/mol. The molecule has 0 bridgehead atoms. The van der Waals surface area contributed by atoms with Crippen LogP contribution in [0.5, 0.6) is 5.75 Å².